The van der Waals surface area contributed by atoms with Crippen molar-refractivity contribution in [2.45, 2.75) is 25.3 Å². The van der Waals surface area contributed by atoms with Crippen molar-refractivity contribution in [3.05, 3.63) is 29.8 Å². The average Bonchev–Trinajstić information content (AvgIpc) is 2.88. The maximum absolute atomic E-state index is 12.3. The minimum Gasteiger partial charge on any atom is -0.320 e. The molecule has 19 heavy (non-hydrogen) atoms. The lowest BCUT2D eigenvalue weighted by Gasteiger charge is -2.36. The largest absolute Gasteiger partial charge is 0.331 e. The van der Waals surface area contributed by atoms with E-state index in [1.807, 2.05) is 6.07 Å². The number of imide groups is 1. The van der Waals surface area contributed by atoms with Gasteiger partial charge in [-0.25, -0.2) is 9.69 Å². The Kier molecular flexibility index (Phi) is 2.71. The van der Waals surface area contributed by atoms with Crippen LogP contribution in [0.1, 0.15) is 24.8 Å². The first kappa shape index (κ1) is 11.7. The number of anilines is 1. The highest BCUT2D eigenvalue weighted by Gasteiger charge is 2.41. The van der Waals surface area contributed by atoms with Gasteiger partial charge in [0.1, 0.15) is 0 Å². The van der Waals surface area contributed by atoms with E-state index in [0.717, 1.165) is 19.4 Å². The Balaban J connectivity index is 1.92. The summed E-state index contributed by atoms with van der Waals surface area (Å²) in [6.45, 7) is 0.726. The number of hydrogen-bond acceptors (Lipinski definition) is 3. The van der Waals surface area contributed by atoms with E-state index < -0.39 is 0 Å². The predicted octanol–water partition coefficient (Wildman–Crippen LogP) is 1.88. The molecule has 0 radical (unpaired) electrons. The summed E-state index contributed by atoms with van der Waals surface area (Å²) in [6, 6.07) is 8.38. The van der Waals surface area contributed by atoms with Crippen molar-refractivity contribution in [1.82, 2.24) is 4.90 Å². The molecular weight excluding hydrogens is 242 g/mol. The van der Waals surface area contributed by atoms with Gasteiger partial charge in [0, 0.05) is 19.0 Å². The number of rotatable bonds is 1. The summed E-state index contributed by atoms with van der Waals surface area (Å²) in [5, 5.41) is 8.76. The molecular formula is C14H13N3O2. The van der Waals surface area contributed by atoms with E-state index in [4.69, 9.17) is 5.26 Å². The van der Waals surface area contributed by atoms with Crippen molar-refractivity contribution in [1.29, 1.82) is 5.26 Å². The van der Waals surface area contributed by atoms with Crippen molar-refractivity contribution in [3.63, 3.8) is 0 Å². The van der Waals surface area contributed by atoms with Crippen LogP contribution in [0.5, 0.6) is 0 Å². The third-order valence-electron chi connectivity index (χ3n) is 3.73. The standard InChI is InChI=1S/C14H13N3O2/c15-9-10-3-5-11(6-4-10)17-13(18)8-12-2-1-7-16(12)14(17)19/h3-6,12H,1-2,7-8H2. The predicted molar refractivity (Wildman–Crippen MR) is 68.4 cm³/mol. The van der Waals surface area contributed by atoms with E-state index in [2.05, 4.69) is 0 Å². The third-order valence-corrected chi connectivity index (χ3v) is 3.73. The van der Waals surface area contributed by atoms with Crippen molar-refractivity contribution in [2.24, 2.45) is 0 Å². The van der Waals surface area contributed by atoms with E-state index in [9.17, 15) is 9.59 Å². The van der Waals surface area contributed by atoms with Crippen LogP contribution in [0.4, 0.5) is 10.5 Å². The normalized spacial score (nSPS) is 22.4. The number of nitrogens with zero attached hydrogens (tertiary/aromatic N) is 3. The second-order valence-electron chi connectivity index (χ2n) is 4.86. The Bertz CT molecular complexity index is 573. The molecule has 0 N–H and O–H groups in total. The Morgan fingerprint density at radius 2 is 1.95 bits per heavy atom. The number of nitriles is 1. The summed E-state index contributed by atoms with van der Waals surface area (Å²) in [4.78, 5) is 27.5. The lowest BCUT2D eigenvalue weighted by atomic mass is 10.1. The lowest BCUT2D eigenvalue weighted by molar-refractivity contribution is -0.119. The second-order valence-corrected chi connectivity index (χ2v) is 4.86. The van der Waals surface area contributed by atoms with Gasteiger partial charge in [0.05, 0.1) is 17.3 Å². The molecule has 1 unspecified atom stereocenters. The molecule has 0 aromatic heterocycles. The van der Waals surface area contributed by atoms with Gasteiger partial charge < -0.3 is 4.90 Å². The highest BCUT2D eigenvalue weighted by Crippen LogP contribution is 2.30. The summed E-state index contributed by atoms with van der Waals surface area (Å²) in [5.74, 6) is -0.155. The molecule has 2 heterocycles. The second kappa shape index (κ2) is 4.39. The van der Waals surface area contributed by atoms with Crippen LogP contribution >= 0.6 is 0 Å². The fraction of sp³-hybridized carbons (Fsp3) is 0.357. The fourth-order valence-corrected chi connectivity index (χ4v) is 2.77. The molecule has 96 valence electrons. The minimum absolute atomic E-state index is 0.0784. The van der Waals surface area contributed by atoms with Crippen LogP contribution in [0.25, 0.3) is 0 Å². The highest BCUT2D eigenvalue weighted by atomic mass is 16.2. The van der Waals surface area contributed by atoms with E-state index in [0.29, 0.717) is 17.7 Å². The first-order valence-electron chi connectivity index (χ1n) is 6.34. The first-order valence-corrected chi connectivity index (χ1v) is 6.34. The average molecular weight is 255 g/mol. The number of amides is 3. The van der Waals surface area contributed by atoms with Crippen LogP contribution < -0.4 is 4.90 Å². The van der Waals surface area contributed by atoms with E-state index in [-0.39, 0.29) is 18.0 Å². The molecule has 0 spiro atoms. The number of benzene rings is 1. The molecule has 3 rings (SSSR count). The number of urea groups is 1. The topological polar surface area (TPSA) is 64.4 Å². The monoisotopic (exact) mass is 255 g/mol. The zero-order valence-corrected chi connectivity index (χ0v) is 10.4. The van der Waals surface area contributed by atoms with Crippen molar-refractivity contribution in [2.75, 3.05) is 11.4 Å². The minimum atomic E-state index is -0.233. The summed E-state index contributed by atoms with van der Waals surface area (Å²) in [5.41, 5.74) is 1.05. The van der Waals surface area contributed by atoms with Gasteiger partial charge in [-0.05, 0) is 37.1 Å². The van der Waals surface area contributed by atoms with Crippen LogP contribution in [0.3, 0.4) is 0 Å². The van der Waals surface area contributed by atoms with Crippen LogP contribution in [-0.2, 0) is 4.79 Å². The lowest BCUT2D eigenvalue weighted by Crippen LogP contribution is -2.54. The van der Waals surface area contributed by atoms with Gasteiger partial charge in [-0.1, -0.05) is 0 Å². The zero-order chi connectivity index (χ0) is 13.4. The van der Waals surface area contributed by atoms with E-state index in [1.54, 1.807) is 29.2 Å². The number of hydrogen-bond donors (Lipinski definition) is 0. The first-order chi connectivity index (χ1) is 9.20. The van der Waals surface area contributed by atoms with Crippen LogP contribution in [0.2, 0.25) is 0 Å². The molecule has 2 aliphatic rings. The van der Waals surface area contributed by atoms with Gasteiger partial charge in [-0.3, -0.25) is 4.79 Å². The molecule has 0 aliphatic carbocycles. The molecule has 2 aliphatic heterocycles. The van der Waals surface area contributed by atoms with E-state index >= 15 is 0 Å². The van der Waals surface area contributed by atoms with Crippen molar-refractivity contribution in [3.8, 4) is 6.07 Å². The molecule has 5 heteroatoms. The molecule has 1 aromatic rings. The van der Waals surface area contributed by atoms with Crippen LogP contribution in [0.15, 0.2) is 24.3 Å². The maximum Gasteiger partial charge on any atom is 0.331 e. The Labute approximate surface area is 111 Å². The summed E-state index contributed by atoms with van der Waals surface area (Å²) >= 11 is 0. The molecule has 1 atom stereocenters. The highest BCUT2D eigenvalue weighted by molar-refractivity contribution is 6.16. The summed E-state index contributed by atoms with van der Waals surface area (Å²) in [7, 11) is 0. The third kappa shape index (κ3) is 1.85. The maximum atomic E-state index is 12.3. The number of carbonyl (C=O) groups is 2. The Hall–Kier alpha value is -2.35. The molecule has 0 bridgehead atoms. The van der Waals surface area contributed by atoms with E-state index in [1.165, 1.54) is 4.90 Å². The fourth-order valence-electron chi connectivity index (χ4n) is 2.77. The van der Waals surface area contributed by atoms with Crippen molar-refractivity contribution < 1.29 is 9.59 Å². The van der Waals surface area contributed by atoms with Gasteiger partial charge in [-0.15, -0.1) is 0 Å². The SMILES string of the molecule is N#Cc1ccc(N2C(=O)CC3CCCN3C2=O)cc1. The zero-order valence-electron chi connectivity index (χ0n) is 10.4. The molecule has 1 aromatic carbocycles. The van der Waals surface area contributed by atoms with Gasteiger partial charge in [-0.2, -0.15) is 5.26 Å². The number of carbonyl (C=O) groups excluding carboxylic acids is 2. The van der Waals surface area contributed by atoms with Crippen molar-refractivity contribution >= 4 is 17.6 Å². The van der Waals surface area contributed by atoms with Gasteiger partial charge in [0.25, 0.3) is 0 Å². The smallest absolute Gasteiger partial charge is 0.320 e. The van der Waals surface area contributed by atoms with Crippen LogP contribution in [0, 0.1) is 11.3 Å². The molecule has 0 saturated carbocycles. The Morgan fingerprint density at radius 3 is 2.63 bits per heavy atom. The van der Waals surface area contributed by atoms with Gasteiger partial charge in [0.15, 0.2) is 0 Å². The molecule has 3 amide bonds. The molecule has 2 fully saturated rings. The Morgan fingerprint density at radius 1 is 1.21 bits per heavy atom. The van der Waals surface area contributed by atoms with Gasteiger partial charge in [0.2, 0.25) is 5.91 Å². The summed E-state index contributed by atoms with van der Waals surface area (Å²) in [6.07, 6.45) is 2.27. The number of fused-ring (bicyclic) bond motifs is 1. The van der Waals surface area contributed by atoms with Gasteiger partial charge >= 0.3 is 6.03 Å². The molecule has 2 saturated heterocycles. The molecule has 5 nitrogen and oxygen atoms in total. The quantitative estimate of drug-likeness (QED) is 0.769. The summed E-state index contributed by atoms with van der Waals surface area (Å²) < 4.78 is 0. The van der Waals surface area contributed by atoms with Crippen LogP contribution in [-0.4, -0.2) is 29.4 Å².